The van der Waals surface area contributed by atoms with E-state index in [2.05, 4.69) is 5.32 Å². The van der Waals surface area contributed by atoms with Gasteiger partial charge < -0.3 is 11.1 Å². The Morgan fingerprint density at radius 2 is 2.14 bits per heavy atom. The molecule has 0 aliphatic heterocycles. The Labute approximate surface area is 123 Å². The number of benzene rings is 1. The third-order valence-corrected chi connectivity index (χ3v) is 4.59. The smallest absolute Gasteiger partial charge is 0.224 e. The summed E-state index contributed by atoms with van der Waals surface area (Å²) in [6.07, 6.45) is 0.547. The van der Waals surface area contributed by atoms with Crippen molar-refractivity contribution in [2.24, 2.45) is 17.6 Å². The number of amides is 1. The van der Waals surface area contributed by atoms with Crippen molar-refractivity contribution in [1.82, 2.24) is 5.32 Å². The Morgan fingerprint density at radius 1 is 1.48 bits per heavy atom. The molecule has 5 heteroatoms. The van der Waals surface area contributed by atoms with Gasteiger partial charge in [-0.15, -0.1) is 0 Å². The summed E-state index contributed by atoms with van der Waals surface area (Å²) in [5.41, 5.74) is 5.55. The molecule has 0 saturated heterocycles. The van der Waals surface area contributed by atoms with E-state index in [4.69, 9.17) is 5.73 Å². The summed E-state index contributed by atoms with van der Waals surface area (Å²) in [5, 5.41) is 2.96. The van der Waals surface area contributed by atoms with Crippen LogP contribution >= 0.6 is 0 Å². The van der Waals surface area contributed by atoms with Crippen molar-refractivity contribution in [3.63, 3.8) is 0 Å². The lowest BCUT2D eigenvalue weighted by Crippen LogP contribution is -2.55. The highest BCUT2D eigenvalue weighted by Gasteiger charge is 2.47. The zero-order valence-electron chi connectivity index (χ0n) is 12.6. The first-order chi connectivity index (χ1) is 9.78. The summed E-state index contributed by atoms with van der Waals surface area (Å²) in [7, 11) is 0. The van der Waals surface area contributed by atoms with E-state index in [0.29, 0.717) is 13.0 Å². The number of carbonyl (C=O) groups excluding carboxylic acids is 1. The highest BCUT2D eigenvalue weighted by Crippen LogP contribution is 2.48. The van der Waals surface area contributed by atoms with Gasteiger partial charge in [0.05, 0.1) is 5.54 Å². The number of rotatable bonds is 5. The SMILES string of the molecule is CC(C)C(C)(CN)NC(=O)C1CC1c1cc(F)ccc1F. The summed E-state index contributed by atoms with van der Waals surface area (Å²) >= 11 is 0. The molecule has 2 rings (SSSR count). The fourth-order valence-corrected chi connectivity index (χ4v) is 2.43. The molecule has 1 aromatic carbocycles. The Hall–Kier alpha value is -1.49. The van der Waals surface area contributed by atoms with Gasteiger partial charge >= 0.3 is 0 Å². The predicted molar refractivity (Wildman–Crippen MR) is 77.6 cm³/mol. The topological polar surface area (TPSA) is 55.1 Å². The normalized spacial score (nSPS) is 23.8. The van der Waals surface area contributed by atoms with Crippen molar-refractivity contribution in [3.8, 4) is 0 Å². The number of carbonyl (C=O) groups is 1. The number of hydrogen-bond donors (Lipinski definition) is 2. The second-order valence-corrected chi connectivity index (χ2v) is 6.38. The quantitative estimate of drug-likeness (QED) is 0.877. The van der Waals surface area contributed by atoms with E-state index in [1.807, 2.05) is 20.8 Å². The molecule has 1 aliphatic rings. The Bertz CT molecular complexity index is 547. The minimum absolute atomic E-state index is 0.134. The summed E-state index contributed by atoms with van der Waals surface area (Å²) in [4.78, 5) is 12.3. The predicted octanol–water partition coefficient (Wildman–Crippen LogP) is 2.56. The van der Waals surface area contributed by atoms with Crippen LogP contribution in [0.4, 0.5) is 8.78 Å². The molecule has 1 saturated carbocycles. The first-order valence-electron chi connectivity index (χ1n) is 7.25. The van der Waals surface area contributed by atoms with E-state index in [-0.39, 0.29) is 29.2 Å². The molecule has 0 radical (unpaired) electrons. The molecule has 1 fully saturated rings. The average Bonchev–Trinajstić information content (AvgIpc) is 3.21. The molecule has 0 bridgehead atoms. The van der Waals surface area contributed by atoms with E-state index < -0.39 is 17.2 Å². The molecule has 3 N–H and O–H groups in total. The second-order valence-electron chi connectivity index (χ2n) is 6.38. The van der Waals surface area contributed by atoms with Crippen LogP contribution in [0.3, 0.4) is 0 Å². The van der Waals surface area contributed by atoms with Crippen LogP contribution in [-0.4, -0.2) is 18.0 Å². The van der Waals surface area contributed by atoms with Gasteiger partial charge in [-0.1, -0.05) is 13.8 Å². The van der Waals surface area contributed by atoms with Crippen molar-refractivity contribution in [2.75, 3.05) is 6.54 Å². The second kappa shape index (κ2) is 5.72. The fraction of sp³-hybridized carbons (Fsp3) is 0.562. The van der Waals surface area contributed by atoms with Gasteiger partial charge in [-0.2, -0.15) is 0 Å². The van der Waals surface area contributed by atoms with E-state index in [1.165, 1.54) is 6.07 Å². The Kier molecular flexibility index (Phi) is 4.33. The molecule has 3 atom stereocenters. The first-order valence-corrected chi connectivity index (χ1v) is 7.25. The third-order valence-electron chi connectivity index (χ3n) is 4.59. The largest absolute Gasteiger partial charge is 0.349 e. The van der Waals surface area contributed by atoms with Crippen LogP contribution in [0.1, 0.15) is 38.7 Å². The van der Waals surface area contributed by atoms with Crippen LogP contribution in [0.5, 0.6) is 0 Å². The van der Waals surface area contributed by atoms with Gasteiger partial charge in [0.1, 0.15) is 11.6 Å². The summed E-state index contributed by atoms with van der Waals surface area (Å²) in [5.74, 6) is -1.42. The van der Waals surface area contributed by atoms with Crippen LogP contribution in [0, 0.1) is 23.5 Å². The summed E-state index contributed by atoms with van der Waals surface area (Å²) in [6.45, 7) is 6.21. The van der Waals surface area contributed by atoms with Gasteiger partial charge in [-0.25, -0.2) is 8.78 Å². The molecule has 3 nitrogen and oxygen atoms in total. The minimum atomic E-state index is -0.481. The summed E-state index contributed by atoms with van der Waals surface area (Å²) < 4.78 is 26.9. The number of hydrogen-bond acceptors (Lipinski definition) is 2. The monoisotopic (exact) mass is 296 g/mol. The minimum Gasteiger partial charge on any atom is -0.349 e. The van der Waals surface area contributed by atoms with Gasteiger partial charge in [0, 0.05) is 12.5 Å². The maximum Gasteiger partial charge on any atom is 0.224 e. The lowest BCUT2D eigenvalue weighted by molar-refractivity contribution is -0.124. The average molecular weight is 296 g/mol. The number of nitrogens with two attached hydrogens (primary N) is 1. The van der Waals surface area contributed by atoms with Crippen LogP contribution in [0.25, 0.3) is 0 Å². The highest BCUT2D eigenvalue weighted by molar-refractivity contribution is 5.83. The highest BCUT2D eigenvalue weighted by atomic mass is 19.1. The van der Waals surface area contributed by atoms with Gasteiger partial charge in [0.15, 0.2) is 0 Å². The van der Waals surface area contributed by atoms with Crippen molar-refractivity contribution in [1.29, 1.82) is 0 Å². The lowest BCUT2D eigenvalue weighted by Gasteiger charge is -2.33. The fourth-order valence-electron chi connectivity index (χ4n) is 2.43. The number of nitrogens with one attached hydrogen (secondary N) is 1. The molecular weight excluding hydrogens is 274 g/mol. The summed E-state index contributed by atoms with van der Waals surface area (Å²) in [6, 6.07) is 3.37. The van der Waals surface area contributed by atoms with Crippen LogP contribution in [0.15, 0.2) is 18.2 Å². The first kappa shape index (κ1) is 15.9. The molecule has 116 valence electrons. The van der Waals surface area contributed by atoms with Crippen molar-refractivity contribution in [2.45, 2.75) is 38.6 Å². The van der Waals surface area contributed by atoms with E-state index >= 15 is 0 Å². The molecule has 0 spiro atoms. The van der Waals surface area contributed by atoms with Crippen LogP contribution in [0.2, 0.25) is 0 Å². The molecule has 1 amide bonds. The van der Waals surface area contributed by atoms with Crippen molar-refractivity contribution >= 4 is 5.91 Å². The maximum atomic E-state index is 13.7. The van der Waals surface area contributed by atoms with Crippen molar-refractivity contribution in [3.05, 3.63) is 35.4 Å². The van der Waals surface area contributed by atoms with Crippen molar-refractivity contribution < 1.29 is 13.6 Å². The van der Waals surface area contributed by atoms with Crippen LogP contribution in [-0.2, 0) is 4.79 Å². The zero-order valence-corrected chi connectivity index (χ0v) is 12.6. The molecular formula is C16H22F2N2O. The van der Waals surface area contributed by atoms with Gasteiger partial charge in [0.25, 0.3) is 0 Å². The molecule has 21 heavy (non-hydrogen) atoms. The Balaban J connectivity index is 2.06. The number of halogens is 2. The van der Waals surface area contributed by atoms with Crippen LogP contribution < -0.4 is 11.1 Å². The maximum absolute atomic E-state index is 13.7. The molecule has 1 aromatic rings. The molecule has 3 unspecified atom stereocenters. The van der Waals surface area contributed by atoms with Gasteiger partial charge in [-0.3, -0.25) is 4.79 Å². The standard InChI is InChI=1S/C16H22F2N2O/c1-9(2)16(3,8-19)20-15(21)13-7-11(13)12-6-10(17)4-5-14(12)18/h4-6,9,11,13H,7-8,19H2,1-3H3,(H,20,21). The molecule has 0 aromatic heterocycles. The van der Waals surface area contributed by atoms with E-state index in [1.54, 1.807) is 0 Å². The van der Waals surface area contributed by atoms with E-state index in [9.17, 15) is 13.6 Å². The Morgan fingerprint density at radius 3 is 2.71 bits per heavy atom. The third kappa shape index (κ3) is 3.23. The molecule has 1 aliphatic carbocycles. The lowest BCUT2D eigenvalue weighted by atomic mass is 9.88. The molecule has 0 heterocycles. The zero-order chi connectivity index (χ0) is 15.8. The van der Waals surface area contributed by atoms with Gasteiger partial charge in [-0.05, 0) is 48.9 Å². The van der Waals surface area contributed by atoms with E-state index in [0.717, 1.165) is 12.1 Å². The van der Waals surface area contributed by atoms with Gasteiger partial charge in [0.2, 0.25) is 5.91 Å².